The van der Waals surface area contributed by atoms with Crippen LogP contribution in [0.5, 0.6) is 0 Å². The van der Waals surface area contributed by atoms with Gasteiger partial charge in [-0.1, -0.05) is 18.2 Å². The second-order valence-electron chi connectivity index (χ2n) is 5.57. The van der Waals surface area contributed by atoms with E-state index in [2.05, 4.69) is 10.6 Å². The minimum Gasteiger partial charge on any atom is -0.394 e. The van der Waals surface area contributed by atoms with E-state index in [-0.39, 0.29) is 18.5 Å². The van der Waals surface area contributed by atoms with Crippen LogP contribution in [-0.4, -0.2) is 29.8 Å². The zero-order valence-electron chi connectivity index (χ0n) is 11.7. The molecule has 0 heterocycles. The highest BCUT2D eigenvalue weighted by molar-refractivity contribution is 5.74. The first-order valence-electron chi connectivity index (χ1n) is 6.95. The summed E-state index contributed by atoms with van der Waals surface area (Å²) in [6.45, 7) is 2.14. The molecule has 0 saturated heterocycles. The molecule has 1 saturated carbocycles. The van der Waals surface area contributed by atoms with Crippen LogP contribution in [0.4, 0.5) is 9.18 Å². The lowest BCUT2D eigenvalue weighted by atomic mass is 9.97. The Labute approximate surface area is 118 Å². The van der Waals surface area contributed by atoms with Gasteiger partial charge in [-0.2, -0.15) is 0 Å². The molecule has 20 heavy (non-hydrogen) atoms. The molecule has 1 aromatic rings. The van der Waals surface area contributed by atoms with Crippen LogP contribution >= 0.6 is 0 Å². The van der Waals surface area contributed by atoms with Gasteiger partial charge in [0.15, 0.2) is 0 Å². The molecule has 4 nitrogen and oxygen atoms in total. The second-order valence-corrected chi connectivity index (χ2v) is 5.57. The van der Waals surface area contributed by atoms with Gasteiger partial charge in [0.25, 0.3) is 0 Å². The first-order valence-corrected chi connectivity index (χ1v) is 6.95. The van der Waals surface area contributed by atoms with Gasteiger partial charge in [0.05, 0.1) is 12.1 Å². The third kappa shape index (κ3) is 3.70. The molecule has 0 radical (unpaired) electrons. The van der Waals surface area contributed by atoms with Crippen LogP contribution < -0.4 is 10.6 Å². The maximum absolute atomic E-state index is 13.4. The maximum atomic E-state index is 13.4. The van der Waals surface area contributed by atoms with Crippen LogP contribution in [0, 0.1) is 11.7 Å². The Morgan fingerprint density at radius 3 is 2.75 bits per heavy atom. The van der Waals surface area contributed by atoms with Crippen molar-refractivity contribution in [2.24, 2.45) is 5.92 Å². The molecule has 5 heteroatoms. The average molecular weight is 280 g/mol. The lowest BCUT2D eigenvalue weighted by Gasteiger charge is -2.28. The Hall–Kier alpha value is -1.62. The molecule has 3 N–H and O–H groups in total. The normalized spacial score (nSPS) is 17.4. The summed E-state index contributed by atoms with van der Waals surface area (Å²) < 4.78 is 13.4. The van der Waals surface area contributed by atoms with Crippen LogP contribution in [0.25, 0.3) is 0 Å². The quantitative estimate of drug-likeness (QED) is 0.744. The smallest absolute Gasteiger partial charge is 0.315 e. The molecule has 2 amide bonds. The Balaban J connectivity index is 1.77. The van der Waals surface area contributed by atoms with Gasteiger partial charge in [-0.15, -0.1) is 0 Å². The SMILES string of the molecule is CC(CO)(NC(=O)NCCc1ccccc1F)C1CC1. The molecule has 0 spiro atoms. The number of halogens is 1. The Morgan fingerprint density at radius 1 is 1.45 bits per heavy atom. The number of nitrogens with one attached hydrogen (secondary N) is 2. The van der Waals surface area contributed by atoms with Gasteiger partial charge in [0.2, 0.25) is 0 Å². The zero-order chi connectivity index (χ0) is 14.6. The minimum absolute atomic E-state index is 0.0710. The first-order chi connectivity index (χ1) is 9.55. The van der Waals surface area contributed by atoms with Crippen molar-refractivity contribution < 1.29 is 14.3 Å². The molecule has 1 fully saturated rings. The maximum Gasteiger partial charge on any atom is 0.315 e. The van der Waals surface area contributed by atoms with Gasteiger partial charge in [0.1, 0.15) is 5.82 Å². The lowest BCUT2D eigenvalue weighted by Crippen LogP contribution is -2.54. The van der Waals surface area contributed by atoms with E-state index in [9.17, 15) is 14.3 Å². The number of hydrogen-bond acceptors (Lipinski definition) is 2. The molecule has 110 valence electrons. The third-order valence-corrected chi connectivity index (χ3v) is 3.84. The number of aliphatic hydroxyl groups excluding tert-OH is 1. The van der Waals surface area contributed by atoms with E-state index in [4.69, 9.17) is 0 Å². The third-order valence-electron chi connectivity index (χ3n) is 3.84. The molecule has 1 aliphatic rings. The molecule has 2 rings (SSSR count). The van der Waals surface area contributed by atoms with Crippen molar-refractivity contribution >= 4 is 6.03 Å². The van der Waals surface area contributed by atoms with Crippen molar-refractivity contribution in [3.8, 4) is 0 Å². The highest BCUT2D eigenvalue weighted by Gasteiger charge is 2.42. The predicted molar refractivity (Wildman–Crippen MR) is 74.9 cm³/mol. The molecule has 1 aliphatic carbocycles. The summed E-state index contributed by atoms with van der Waals surface area (Å²) in [4.78, 5) is 11.8. The van der Waals surface area contributed by atoms with Crippen molar-refractivity contribution in [3.05, 3.63) is 35.6 Å². The molecule has 0 aromatic heterocycles. The highest BCUT2D eigenvalue weighted by atomic mass is 19.1. The molecule has 0 aliphatic heterocycles. The summed E-state index contributed by atoms with van der Waals surface area (Å²) in [6.07, 6.45) is 2.51. The molecule has 0 bridgehead atoms. The van der Waals surface area contributed by atoms with Crippen LogP contribution in [0.2, 0.25) is 0 Å². The monoisotopic (exact) mass is 280 g/mol. The summed E-state index contributed by atoms with van der Waals surface area (Å²) in [5, 5.41) is 14.9. The molecular weight excluding hydrogens is 259 g/mol. The Bertz CT molecular complexity index is 477. The fraction of sp³-hybridized carbons (Fsp3) is 0.533. The van der Waals surface area contributed by atoms with E-state index < -0.39 is 5.54 Å². The van der Waals surface area contributed by atoms with Crippen molar-refractivity contribution in [2.45, 2.75) is 31.7 Å². The Kier molecular flexibility index (Phi) is 4.60. The molecule has 1 unspecified atom stereocenters. The molecule has 1 aromatic carbocycles. The summed E-state index contributed by atoms with van der Waals surface area (Å²) in [5.41, 5.74) is 0.0298. The van der Waals surface area contributed by atoms with E-state index in [0.29, 0.717) is 24.4 Å². The van der Waals surface area contributed by atoms with Gasteiger partial charge in [-0.05, 0) is 43.7 Å². The Morgan fingerprint density at radius 2 is 2.15 bits per heavy atom. The zero-order valence-corrected chi connectivity index (χ0v) is 11.7. The number of urea groups is 1. The first kappa shape index (κ1) is 14.8. The van der Waals surface area contributed by atoms with E-state index in [1.165, 1.54) is 6.07 Å². The highest BCUT2D eigenvalue weighted by Crippen LogP contribution is 2.39. The summed E-state index contributed by atoms with van der Waals surface area (Å²) in [6, 6.07) is 6.21. The number of carbonyl (C=O) groups excluding carboxylic acids is 1. The lowest BCUT2D eigenvalue weighted by molar-refractivity contribution is 0.155. The van der Waals surface area contributed by atoms with Crippen molar-refractivity contribution in [2.75, 3.05) is 13.2 Å². The fourth-order valence-corrected chi connectivity index (χ4v) is 2.31. The summed E-state index contributed by atoms with van der Waals surface area (Å²) in [5.74, 6) is 0.0951. The van der Waals surface area contributed by atoms with Gasteiger partial charge >= 0.3 is 6.03 Å². The molecular formula is C15H21FN2O2. The number of amides is 2. The average Bonchev–Trinajstić information content (AvgIpc) is 3.25. The van der Waals surface area contributed by atoms with Crippen LogP contribution in [0.15, 0.2) is 24.3 Å². The summed E-state index contributed by atoms with van der Waals surface area (Å²) >= 11 is 0. The van der Waals surface area contributed by atoms with E-state index >= 15 is 0 Å². The van der Waals surface area contributed by atoms with E-state index in [0.717, 1.165) is 12.8 Å². The van der Waals surface area contributed by atoms with E-state index in [1.807, 2.05) is 6.92 Å². The largest absolute Gasteiger partial charge is 0.394 e. The number of aliphatic hydroxyl groups is 1. The minimum atomic E-state index is -0.553. The van der Waals surface area contributed by atoms with Crippen LogP contribution in [0.3, 0.4) is 0 Å². The van der Waals surface area contributed by atoms with Gasteiger partial charge in [-0.3, -0.25) is 0 Å². The second kappa shape index (κ2) is 6.22. The number of benzene rings is 1. The van der Waals surface area contributed by atoms with Crippen LogP contribution in [-0.2, 0) is 6.42 Å². The summed E-state index contributed by atoms with van der Waals surface area (Å²) in [7, 11) is 0. The molecule has 1 atom stereocenters. The van der Waals surface area contributed by atoms with Gasteiger partial charge in [0, 0.05) is 6.54 Å². The number of carbonyl (C=O) groups is 1. The van der Waals surface area contributed by atoms with Crippen LogP contribution in [0.1, 0.15) is 25.3 Å². The standard InChI is InChI=1S/C15H21FN2O2/c1-15(10-19,12-6-7-12)18-14(20)17-9-8-11-4-2-3-5-13(11)16/h2-5,12,19H,6-10H2,1H3,(H2,17,18,20). The number of hydrogen-bond donors (Lipinski definition) is 3. The number of rotatable bonds is 6. The fourth-order valence-electron chi connectivity index (χ4n) is 2.31. The topological polar surface area (TPSA) is 61.4 Å². The van der Waals surface area contributed by atoms with Gasteiger partial charge in [-0.25, -0.2) is 9.18 Å². The van der Waals surface area contributed by atoms with Crippen molar-refractivity contribution in [1.82, 2.24) is 10.6 Å². The van der Waals surface area contributed by atoms with E-state index in [1.54, 1.807) is 18.2 Å². The van der Waals surface area contributed by atoms with Crippen molar-refractivity contribution in [1.29, 1.82) is 0 Å². The predicted octanol–water partition coefficient (Wildman–Crippen LogP) is 1.83. The van der Waals surface area contributed by atoms with Gasteiger partial charge < -0.3 is 15.7 Å². The van der Waals surface area contributed by atoms with Crippen molar-refractivity contribution in [3.63, 3.8) is 0 Å².